The fourth-order valence-electron chi connectivity index (χ4n) is 1.84. The van der Waals surface area contributed by atoms with Gasteiger partial charge in [-0.1, -0.05) is 0 Å². The second kappa shape index (κ2) is 5.62. The standard InChI is InChI=1S/C13H17N3O3/c1-17-10-5-12(19-3)11(18-2)4-8(10)9-7-15-13(6-14)16-9/h4-5,7H,6,14H2,1-3H3,(H,15,16). The van der Waals surface area contributed by atoms with Crippen LogP contribution in [0, 0.1) is 0 Å². The van der Waals surface area contributed by atoms with E-state index >= 15 is 0 Å². The van der Waals surface area contributed by atoms with Crippen molar-refractivity contribution in [3.05, 3.63) is 24.2 Å². The summed E-state index contributed by atoms with van der Waals surface area (Å²) in [6.07, 6.45) is 1.71. The van der Waals surface area contributed by atoms with Crippen LogP contribution in [0.15, 0.2) is 18.3 Å². The highest BCUT2D eigenvalue weighted by Crippen LogP contribution is 2.39. The van der Waals surface area contributed by atoms with Crippen molar-refractivity contribution in [3.63, 3.8) is 0 Å². The molecule has 0 saturated heterocycles. The molecule has 2 rings (SSSR count). The zero-order chi connectivity index (χ0) is 13.8. The van der Waals surface area contributed by atoms with E-state index in [0.717, 1.165) is 11.3 Å². The van der Waals surface area contributed by atoms with Crippen LogP contribution in [0.5, 0.6) is 17.2 Å². The van der Waals surface area contributed by atoms with Crippen LogP contribution in [0.3, 0.4) is 0 Å². The maximum Gasteiger partial charge on any atom is 0.164 e. The molecule has 1 aromatic heterocycles. The Balaban J connectivity index is 2.54. The van der Waals surface area contributed by atoms with Gasteiger partial charge in [-0.05, 0) is 6.07 Å². The van der Waals surface area contributed by atoms with Crippen molar-refractivity contribution in [2.45, 2.75) is 6.54 Å². The first-order valence-corrected chi connectivity index (χ1v) is 5.77. The molecule has 0 amide bonds. The van der Waals surface area contributed by atoms with Crippen molar-refractivity contribution in [1.82, 2.24) is 9.97 Å². The minimum Gasteiger partial charge on any atom is -0.496 e. The number of benzene rings is 1. The van der Waals surface area contributed by atoms with Crippen molar-refractivity contribution < 1.29 is 14.2 Å². The zero-order valence-corrected chi connectivity index (χ0v) is 11.2. The molecule has 0 bridgehead atoms. The molecule has 0 fully saturated rings. The van der Waals surface area contributed by atoms with Gasteiger partial charge in [0.1, 0.15) is 11.6 Å². The Morgan fingerprint density at radius 1 is 1.05 bits per heavy atom. The summed E-state index contributed by atoms with van der Waals surface area (Å²) in [5.74, 6) is 2.63. The van der Waals surface area contributed by atoms with Crippen LogP contribution in [-0.4, -0.2) is 31.3 Å². The molecule has 0 aliphatic heterocycles. The molecular formula is C13H17N3O3. The first kappa shape index (κ1) is 13.2. The Morgan fingerprint density at radius 2 is 1.68 bits per heavy atom. The summed E-state index contributed by atoms with van der Waals surface area (Å²) in [5.41, 5.74) is 7.20. The van der Waals surface area contributed by atoms with Gasteiger partial charge in [-0.25, -0.2) is 4.98 Å². The number of nitrogens with one attached hydrogen (secondary N) is 1. The Morgan fingerprint density at radius 3 is 2.21 bits per heavy atom. The lowest BCUT2D eigenvalue weighted by Gasteiger charge is -2.13. The predicted molar refractivity (Wildman–Crippen MR) is 71.6 cm³/mol. The Kier molecular flexibility index (Phi) is 3.91. The van der Waals surface area contributed by atoms with Gasteiger partial charge >= 0.3 is 0 Å². The van der Waals surface area contributed by atoms with Crippen molar-refractivity contribution >= 4 is 0 Å². The minimum absolute atomic E-state index is 0.357. The topological polar surface area (TPSA) is 82.4 Å². The zero-order valence-electron chi connectivity index (χ0n) is 11.2. The van der Waals surface area contributed by atoms with E-state index in [9.17, 15) is 0 Å². The number of aromatic nitrogens is 2. The first-order valence-electron chi connectivity index (χ1n) is 5.77. The van der Waals surface area contributed by atoms with Gasteiger partial charge in [0.05, 0.1) is 39.8 Å². The number of rotatable bonds is 5. The number of nitrogens with zero attached hydrogens (tertiary/aromatic N) is 1. The van der Waals surface area contributed by atoms with Gasteiger partial charge in [0.2, 0.25) is 0 Å². The molecule has 2 aromatic rings. The van der Waals surface area contributed by atoms with E-state index in [4.69, 9.17) is 19.9 Å². The highest BCUT2D eigenvalue weighted by Gasteiger charge is 2.14. The van der Waals surface area contributed by atoms with Crippen LogP contribution < -0.4 is 19.9 Å². The van der Waals surface area contributed by atoms with Crippen LogP contribution in [0.25, 0.3) is 11.3 Å². The molecule has 1 heterocycles. The van der Waals surface area contributed by atoms with Crippen LogP contribution in [-0.2, 0) is 6.54 Å². The quantitative estimate of drug-likeness (QED) is 0.855. The highest BCUT2D eigenvalue weighted by atomic mass is 16.5. The minimum atomic E-state index is 0.357. The van der Waals surface area contributed by atoms with Crippen molar-refractivity contribution in [3.8, 4) is 28.5 Å². The van der Waals surface area contributed by atoms with Crippen LogP contribution in [0.2, 0.25) is 0 Å². The summed E-state index contributed by atoms with van der Waals surface area (Å²) < 4.78 is 15.9. The molecule has 0 unspecified atom stereocenters. The molecular weight excluding hydrogens is 246 g/mol. The van der Waals surface area contributed by atoms with E-state index in [1.807, 2.05) is 6.07 Å². The summed E-state index contributed by atoms with van der Waals surface area (Å²) in [7, 11) is 4.77. The van der Waals surface area contributed by atoms with Crippen molar-refractivity contribution in [1.29, 1.82) is 0 Å². The number of ether oxygens (including phenoxy) is 3. The summed E-state index contributed by atoms with van der Waals surface area (Å²) in [6.45, 7) is 0.357. The fraction of sp³-hybridized carbons (Fsp3) is 0.308. The molecule has 1 aromatic carbocycles. The number of imidazole rings is 1. The fourth-order valence-corrected chi connectivity index (χ4v) is 1.84. The first-order chi connectivity index (χ1) is 9.23. The van der Waals surface area contributed by atoms with E-state index in [2.05, 4.69) is 9.97 Å². The molecule has 0 radical (unpaired) electrons. The summed E-state index contributed by atoms with van der Waals surface area (Å²) >= 11 is 0. The number of methoxy groups -OCH3 is 3. The normalized spacial score (nSPS) is 10.3. The third-order valence-corrected chi connectivity index (χ3v) is 2.82. The monoisotopic (exact) mass is 263 g/mol. The Bertz CT molecular complexity index is 566. The van der Waals surface area contributed by atoms with Gasteiger partial charge < -0.3 is 24.9 Å². The van der Waals surface area contributed by atoms with Gasteiger partial charge in [-0.3, -0.25) is 0 Å². The highest BCUT2D eigenvalue weighted by molar-refractivity contribution is 5.71. The van der Waals surface area contributed by atoms with Crippen molar-refractivity contribution in [2.75, 3.05) is 21.3 Å². The SMILES string of the molecule is COc1cc(OC)c(-c2cnc(CN)[nH]2)cc1OC. The van der Waals surface area contributed by atoms with E-state index in [1.165, 1.54) is 0 Å². The lowest BCUT2D eigenvalue weighted by molar-refractivity contribution is 0.349. The molecule has 0 saturated carbocycles. The molecule has 0 spiro atoms. The maximum absolute atomic E-state index is 5.54. The lowest BCUT2D eigenvalue weighted by Crippen LogP contribution is -1.98. The maximum atomic E-state index is 5.54. The van der Waals surface area contributed by atoms with E-state index in [-0.39, 0.29) is 0 Å². The second-order valence-corrected chi connectivity index (χ2v) is 3.86. The molecule has 3 N–H and O–H groups in total. The summed E-state index contributed by atoms with van der Waals surface area (Å²) in [4.78, 5) is 7.31. The van der Waals surface area contributed by atoms with E-state index in [0.29, 0.717) is 29.6 Å². The number of hydrogen-bond donors (Lipinski definition) is 2. The van der Waals surface area contributed by atoms with Gasteiger partial charge in [-0.15, -0.1) is 0 Å². The van der Waals surface area contributed by atoms with Crippen molar-refractivity contribution in [2.24, 2.45) is 5.73 Å². The number of H-pyrrole nitrogens is 1. The lowest BCUT2D eigenvalue weighted by atomic mass is 10.1. The van der Waals surface area contributed by atoms with Crippen LogP contribution in [0.1, 0.15) is 5.82 Å². The van der Waals surface area contributed by atoms with Gasteiger partial charge in [0.15, 0.2) is 11.5 Å². The second-order valence-electron chi connectivity index (χ2n) is 3.86. The summed E-state index contributed by atoms with van der Waals surface area (Å²) in [5, 5.41) is 0. The smallest absolute Gasteiger partial charge is 0.164 e. The Hall–Kier alpha value is -2.21. The molecule has 19 heavy (non-hydrogen) atoms. The molecule has 0 aliphatic carbocycles. The van der Waals surface area contributed by atoms with E-state index < -0.39 is 0 Å². The number of hydrogen-bond acceptors (Lipinski definition) is 5. The third kappa shape index (κ3) is 2.48. The predicted octanol–water partition coefficient (Wildman–Crippen LogP) is 1.56. The number of aromatic amines is 1. The third-order valence-electron chi connectivity index (χ3n) is 2.82. The van der Waals surface area contributed by atoms with Crippen LogP contribution in [0.4, 0.5) is 0 Å². The Labute approximate surface area is 111 Å². The molecule has 6 heteroatoms. The number of nitrogens with two attached hydrogens (primary N) is 1. The van der Waals surface area contributed by atoms with Gasteiger partial charge in [0.25, 0.3) is 0 Å². The molecule has 6 nitrogen and oxygen atoms in total. The molecule has 0 atom stereocenters. The average Bonchev–Trinajstić information content (AvgIpc) is 2.94. The molecule has 102 valence electrons. The molecule has 0 aliphatic rings. The summed E-state index contributed by atoms with van der Waals surface area (Å²) in [6, 6.07) is 3.61. The van der Waals surface area contributed by atoms with Gasteiger partial charge in [-0.2, -0.15) is 0 Å². The van der Waals surface area contributed by atoms with Crippen LogP contribution >= 0.6 is 0 Å². The van der Waals surface area contributed by atoms with E-state index in [1.54, 1.807) is 33.6 Å². The average molecular weight is 263 g/mol. The van der Waals surface area contributed by atoms with Gasteiger partial charge in [0, 0.05) is 11.6 Å². The largest absolute Gasteiger partial charge is 0.496 e.